The zero-order valence-electron chi connectivity index (χ0n) is 14.4. The average Bonchev–Trinajstić information content (AvgIpc) is 2.64. The van der Waals surface area contributed by atoms with Crippen molar-refractivity contribution in [2.75, 3.05) is 17.7 Å². The Labute approximate surface area is 157 Å². The lowest BCUT2D eigenvalue weighted by Gasteiger charge is -2.12. The molecule has 0 unspecified atom stereocenters. The molecule has 2 N–H and O–H groups in total. The number of nitrogens with one attached hydrogen (secondary N) is 2. The molecule has 0 radical (unpaired) electrons. The fraction of sp³-hybridized carbons (Fsp3) is 0.100. The second kappa shape index (κ2) is 7.89. The number of hydrogen-bond acceptors (Lipinski definition) is 4. The maximum atomic E-state index is 12.4. The van der Waals surface area contributed by atoms with E-state index in [9.17, 15) is 4.79 Å². The molecule has 0 fully saturated rings. The predicted octanol–water partition coefficient (Wildman–Crippen LogP) is 5.05. The summed E-state index contributed by atoms with van der Waals surface area (Å²) in [5.74, 6) is 0.423. The van der Waals surface area contributed by atoms with E-state index in [2.05, 4.69) is 15.6 Å². The normalized spacial score (nSPS) is 10.3. The van der Waals surface area contributed by atoms with Crippen LogP contribution in [0.1, 0.15) is 16.1 Å². The van der Waals surface area contributed by atoms with E-state index in [1.165, 1.54) is 0 Å². The second-order valence-corrected chi connectivity index (χ2v) is 6.16. The van der Waals surface area contributed by atoms with Gasteiger partial charge in [-0.2, -0.15) is 0 Å². The minimum absolute atomic E-state index is 0.299. The molecule has 3 aromatic rings. The molecule has 5 nitrogen and oxygen atoms in total. The van der Waals surface area contributed by atoms with Gasteiger partial charge in [0.2, 0.25) is 0 Å². The summed E-state index contributed by atoms with van der Waals surface area (Å²) in [6.45, 7) is 2.00. The molecule has 2 aromatic carbocycles. The van der Waals surface area contributed by atoms with Gasteiger partial charge in [0.25, 0.3) is 5.91 Å². The highest BCUT2D eigenvalue weighted by atomic mass is 35.5. The molecule has 26 heavy (non-hydrogen) atoms. The number of methoxy groups -OCH3 is 1. The van der Waals surface area contributed by atoms with Gasteiger partial charge < -0.3 is 15.4 Å². The van der Waals surface area contributed by atoms with Gasteiger partial charge in [-0.3, -0.25) is 9.78 Å². The smallest absolute Gasteiger partial charge is 0.274 e. The third kappa shape index (κ3) is 4.32. The number of carbonyl (C=O) groups excluding carboxylic acids is 1. The summed E-state index contributed by atoms with van der Waals surface area (Å²) >= 11 is 5.86. The molecule has 0 atom stereocenters. The van der Waals surface area contributed by atoms with Crippen molar-refractivity contribution < 1.29 is 9.53 Å². The first-order valence-corrected chi connectivity index (χ1v) is 8.37. The standard InChI is InChI=1S/C20H18ClN3O2/c1-13-3-8-19(26-2)17(11-13)23-16-9-10-22-18(12-16)20(25)24-15-6-4-14(21)5-7-15/h3-12H,1-2H3,(H,22,23)(H,24,25). The molecule has 0 saturated carbocycles. The van der Waals surface area contributed by atoms with Gasteiger partial charge in [0.05, 0.1) is 12.8 Å². The van der Waals surface area contributed by atoms with Gasteiger partial charge in [-0.1, -0.05) is 17.7 Å². The number of carbonyl (C=O) groups is 1. The summed E-state index contributed by atoms with van der Waals surface area (Å²) in [6.07, 6.45) is 1.58. The van der Waals surface area contributed by atoms with Crippen molar-refractivity contribution in [2.24, 2.45) is 0 Å². The number of amides is 1. The van der Waals surface area contributed by atoms with Crippen LogP contribution in [-0.4, -0.2) is 18.0 Å². The highest BCUT2D eigenvalue weighted by Gasteiger charge is 2.10. The van der Waals surface area contributed by atoms with Crippen molar-refractivity contribution in [1.82, 2.24) is 4.98 Å². The summed E-state index contributed by atoms with van der Waals surface area (Å²) in [5.41, 5.74) is 3.62. The van der Waals surface area contributed by atoms with Crippen molar-refractivity contribution in [3.63, 3.8) is 0 Å². The third-order valence-electron chi connectivity index (χ3n) is 3.73. The zero-order valence-corrected chi connectivity index (χ0v) is 15.2. The highest BCUT2D eigenvalue weighted by Crippen LogP contribution is 2.28. The van der Waals surface area contributed by atoms with Gasteiger partial charge in [-0.25, -0.2) is 0 Å². The number of aryl methyl sites for hydroxylation is 1. The van der Waals surface area contributed by atoms with E-state index in [1.54, 1.807) is 49.7 Å². The molecule has 0 aliphatic rings. The summed E-state index contributed by atoms with van der Waals surface area (Å²) in [5, 5.41) is 6.67. The number of pyridine rings is 1. The third-order valence-corrected chi connectivity index (χ3v) is 3.98. The van der Waals surface area contributed by atoms with E-state index in [1.807, 2.05) is 25.1 Å². The lowest BCUT2D eigenvalue weighted by Crippen LogP contribution is -2.13. The summed E-state index contributed by atoms with van der Waals surface area (Å²) < 4.78 is 5.37. The van der Waals surface area contributed by atoms with Crippen LogP contribution in [0.25, 0.3) is 0 Å². The minimum atomic E-state index is -0.299. The van der Waals surface area contributed by atoms with Crippen molar-refractivity contribution in [3.05, 3.63) is 77.1 Å². The van der Waals surface area contributed by atoms with Crippen LogP contribution >= 0.6 is 11.6 Å². The van der Waals surface area contributed by atoms with E-state index in [-0.39, 0.29) is 5.91 Å². The number of halogens is 1. The molecule has 1 heterocycles. The van der Waals surface area contributed by atoms with Gasteiger partial charge in [0.15, 0.2) is 0 Å². The topological polar surface area (TPSA) is 63.2 Å². The Morgan fingerprint density at radius 1 is 1.04 bits per heavy atom. The Hall–Kier alpha value is -3.05. The van der Waals surface area contributed by atoms with Crippen LogP contribution in [0.2, 0.25) is 5.02 Å². The second-order valence-electron chi connectivity index (χ2n) is 5.72. The number of aromatic nitrogens is 1. The Morgan fingerprint density at radius 3 is 2.54 bits per heavy atom. The van der Waals surface area contributed by atoms with Crippen LogP contribution < -0.4 is 15.4 Å². The van der Waals surface area contributed by atoms with Crippen LogP contribution in [0.4, 0.5) is 17.1 Å². The van der Waals surface area contributed by atoms with Gasteiger partial charge >= 0.3 is 0 Å². The summed E-state index contributed by atoms with van der Waals surface area (Å²) in [6, 6.07) is 16.2. The highest BCUT2D eigenvalue weighted by molar-refractivity contribution is 6.30. The fourth-order valence-corrected chi connectivity index (χ4v) is 2.56. The Balaban J connectivity index is 1.79. The molecule has 1 amide bonds. The van der Waals surface area contributed by atoms with Crippen LogP contribution in [0, 0.1) is 6.92 Å². The maximum absolute atomic E-state index is 12.4. The van der Waals surface area contributed by atoms with E-state index in [0.29, 0.717) is 16.4 Å². The van der Waals surface area contributed by atoms with E-state index in [0.717, 1.165) is 22.7 Å². The number of hydrogen-bond donors (Lipinski definition) is 2. The average molecular weight is 368 g/mol. The van der Waals surface area contributed by atoms with Crippen LogP contribution in [0.5, 0.6) is 5.75 Å². The van der Waals surface area contributed by atoms with E-state index in [4.69, 9.17) is 16.3 Å². The first-order valence-electron chi connectivity index (χ1n) is 8.00. The zero-order chi connectivity index (χ0) is 18.5. The molecule has 0 spiro atoms. The van der Waals surface area contributed by atoms with Crippen molar-refractivity contribution in [2.45, 2.75) is 6.92 Å². The predicted molar refractivity (Wildman–Crippen MR) is 105 cm³/mol. The van der Waals surface area contributed by atoms with Gasteiger partial charge in [0, 0.05) is 22.6 Å². The number of benzene rings is 2. The molecule has 0 bridgehead atoms. The van der Waals surface area contributed by atoms with Crippen LogP contribution in [0.3, 0.4) is 0 Å². The lowest BCUT2D eigenvalue weighted by molar-refractivity contribution is 0.102. The molecule has 0 aliphatic heterocycles. The Kier molecular flexibility index (Phi) is 5.39. The molecule has 132 valence electrons. The molecular formula is C20H18ClN3O2. The number of anilines is 3. The molecule has 3 rings (SSSR count). The number of rotatable bonds is 5. The van der Waals surface area contributed by atoms with E-state index < -0.39 is 0 Å². The van der Waals surface area contributed by atoms with Gasteiger partial charge in [0.1, 0.15) is 11.4 Å². The monoisotopic (exact) mass is 367 g/mol. The molecular weight excluding hydrogens is 350 g/mol. The van der Waals surface area contributed by atoms with Crippen molar-refractivity contribution in [3.8, 4) is 5.75 Å². The first kappa shape index (κ1) is 17.8. The first-order chi connectivity index (χ1) is 12.5. The van der Waals surface area contributed by atoms with Crippen LogP contribution in [-0.2, 0) is 0 Å². The lowest BCUT2D eigenvalue weighted by atomic mass is 10.2. The van der Waals surface area contributed by atoms with Crippen molar-refractivity contribution in [1.29, 1.82) is 0 Å². The summed E-state index contributed by atoms with van der Waals surface area (Å²) in [4.78, 5) is 16.6. The van der Waals surface area contributed by atoms with E-state index >= 15 is 0 Å². The molecule has 0 saturated heterocycles. The van der Waals surface area contributed by atoms with Crippen molar-refractivity contribution >= 4 is 34.6 Å². The number of nitrogens with zero attached hydrogens (tertiary/aromatic N) is 1. The van der Waals surface area contributed by atoms with Crippen LogP contribution in [0.15, 0.2) is 60.8 Å². The minimum Gasteiger partial charge on any atom is -0.495 e. The largest absolute Gasteiger partial charge is 0.495 e. The quantitative estimate of drug-likeness (QED) is 0.662. The number of ether oxygens (including phenoxy) is 1. The van der Waals surface area contributed by atoms with Gasteiger partial charge in [-0.05, 0) is 61.0 Å². The Bertz CT molecular complexity index is 927. The maximum Gasteiger partial charge on any atom is 0.274 e. The van der Waals surface area contributed by atoms with Gasteiger partial charge in [-0.15, -0.1) is 0 Å². The molecule has 1 aromatic heterocycles. The molecule has 6 heteroatoms. The summed E-state index contributed by atoms with van der Waals surface area (Å²) in [7, 11) is 1.62. The SMILES string of the molecule is COc1ccc(C)cc1Nc1ccnc(C(=O)Nc2ccc(Cl)cc2)c1. The Morgan fingerprint density at radius 2 is 1.81 bits per heavy atom. The molecule has 0 aliphatic carbocycles. The fourth-order valence-electron chi connectivity index (χ4n) is 2.44.